The SMILES string of the molecule is Cc1cc(CNC2CC2)cnc1N1CCCS(=O)(=O)CC1. The summed E-state index contributed by atoms with van der Waals surface area (Å²) in [6.45, 7) is 4.25. The van der Waals surface area contributed by atoms with E-state index in [9.17, 15) is 8.42 Å². The monoisotopic (exact) mass is 309 g/mol. The Balaban J connectivity index is 1.69. The topological polar surface area (TPSA) is 62.3 Å². The van der Waals surface area contributed by atoms with Gasteiger partial charge in [0.2, 0.25) is 0 Å². The van der Waals surface area contributed by atoms with E-state index in [1.54, 1.807) is 0 Å². The highest BCUT2D eigenvalue weighted by molar-refractivity contribution is 7.91. The first-order valence-electron chi connectivity index (χ1n) is 7.68. The molecule has 6 heteroatoms. The van der Waals surface area contributed by atoms with Crippen LogP contribution >= 0.6 is 0 Å². The molecule has 116 valence electrons. The van der Waals surface area contributed by atoms with Gasteiger partial charge in [0.15, 0.2) is 9.84 Å². The van der Waals surface area contributed by atoms with E-state index in [-0.39, 0.29) is 5.75 Å². The van der Waals surface area contributed by atoms with Gasteiger partial charge in [0, 0.05) is 31.9 Å². The van der Waals surface area contributed by atoms with E-state index in [1.807, 2.05) is 6.20 Å². The molecule has 2 aliphatic rings. The zero-order valence-electron chi connectivity index (χ0n) is 12.5. The number of aromatic nitrogens is 1. The molecule has 1 saturated heterocycles. The van der Waals surface area contributed by atoms with Gasteiger partial charge in [-0.05, 0) is 43.4 Å². The maximum absolute atomic E-state index is 11.7. The number of rotatable bonds is 4. The van der Waals surface area contributed by atoms with Crippen LogP contribution in [0.25, 0.3) is 0 Å². The van der Waals surface area contributed by atoms with Crippen LogP contribution in [0.2, 0.25) is 0 Å². The molecular weight excluding hydrogens is 286 g/mol. The molecular formula is C15H23N3O2S. The van der Waals surface area contributed by atoms with Crippen molar-refractivity contribution in [3.63, 3.8) is 0 Å². The molecule has 0 aromatic carbocycles. The van der Waals surface area contributed by atoms with Crippen LogP contribution in [-0.4, -0.2) is 44.0 Å². The minimum absolute atomic E-state index is 0.235. The molecule has 0 atom stereocenters. The van der Waals surface area contributed by atoms with Crippen molar-refractivity contribution < 1.29 is 8.42 Å². The predicted octanol–water partition coefficient (Wildman–Crippen LogP) is 1.27. The fraction of sp³-hybridized carbons (Fsp3) is 0.667. The van der Waals surface area contributed by atoms with Crippen LogP contribution in [0.3, 0.4) is 0 Å². The van der Waals surface area contributed by atoms with Crippen LogP contribution < -0.4 is 10.2 Å². The smallest absolute Gasteiger partial charge is 0.152 e. The fourth-order valence-electron chi connectivity index (χ4n) is 2.75. The summed E-state index contributed by atoms with van der Waals surface area (Å²) in [6, 6.07) is 2.86. The third kappa shape index (κ3) is 3.95. The Kier molecular flexibility index (Phi) is 4.17. The lowest BCUT2D eigenvalue weighted by Gasteiger charge is -2.23. The van der Waals surface area contributed by atoms with Gasteiger partial charge in [0.05, 0.1) is 11.5 Å². The first-order valence-corrected chi connectivity index (χ1v) is 9.50. The molecule has 1 aromatic heterocycles. The maximum atomic E-state index is 11.7. The number of nitrogens with one attached hydrogen (secondary N) is 1. The molecule has 5 nitrogen and oxygen atoms in total. The van der Waals surface area contributed by atoms with E-state index >= 15 is 0 Å². The van der Waals surface area contributed by atoms with Gasteiger partial charge in [-0.2, -0.15) is 0 Å². The Morgan fingerprint density at radius 2 is 2.14 bits per heavy atom. The van der Waals surface area contributed by atoms with Crippen molar-refractivity contribution >= 4 is 15.7 Å². The second-order valence-electron chi connectivity index (χ2n) is 6.13. The second kappa shape index (κ2) is 5.93. The summed E-state index contributed by atoms with van der Waals surface area (Å²) >= 11 is 0. The van der Waals surface area contributed by atoms with Crippen LogP contribution in [0.5, 0.6) is 0 Å². The van der Waals surface area contributed by atoms with Gasteiger partial charge in [-0.1, -0.05) is 0 Å². The van der Waals surface area contributed by atoms with E-state index in [1.165, 1.54) is 18.4 Å². The maximum Gasteiger partial charge on any atom is 0.152 e. The highest BCUT2D eigenvalue weighted by Gasteiger charge is 2.22. The summed E-state index contributed by atoms with van der Waals surface area (Å²) in [7, 11) is -2.87. The first kappa shape index (κ1) is 14.8. The molecule has 1 saturated carbocycles. The molecule has 1 aliphatic heterocycles. The molecule has 0 amide bonds. The number of hydrogen-bond acceptors (Lipinski definition) is 5. The van der Waals surface area contributed by atoms with Gasteiger partial charge in [0.1, 0.15) is 5.82 Å². The molecule has 1 aromatic rings. The highest BCUT2D eigenvalue weighted by atomic mass is 32.2. The van der Waals surface area contributed by atoms with E-state index in [2.05, 4.69) is 28.2 Å². The van der Waals surface area contributed by atoms with Gasteiger partial charge in [-0.3, -0.25) is 0 Å². The zero-order chi connectivity index (χ0) is 14.9. The Hall–Kier alpha value is -1.14. The minimum Gasteiger partial charge on any atom is -0.355 e. The van der Waals surface area contributed by atoms with Crippen molar-refractivity contribution in [3.05, 3.63) is 23.4 Å². The number of hydrogen-bond donors (Lipinski definition) is 1. The molecule has 1 aliphatic carbocycles. The van der Waals surface area contributed by atoms with Gasteiger partial charge >= 0.3 is 0 Å². The normalized spacial score (nSPS) is 22.0. The van der Waals surface area contributed by atoms with Gasteiger partial charge in [-0.25, -0.2) is 13.4 Å². The molecule has 2 fully saturated rings. The summed E-state index contributed by atoms with van der Waals surface area (Å²) in [6.07, 6.45) is 5.17. The van der Waals surface area contributed by atoms with Crippen molar-refractivity contribution in [2.45, 2.75) is 38.8 Å². The summed E-state index contributed by atoms with van der Waals surface area (Å²) in [4.78, 5) is 6.69. The summed E-state index contributed by atoms with van der Waals surface area (Å²) in [5.74, 6) is 1.47. The van der Waals surface area contributed by atoms with Crippen LogP contribution in [0.4, 0.5) is 5.82 Å². The molecule has 2 heterocycles. The Morgan fingerprint density at radius 1 is 1.33 bits per heavy atom. The van der Waals surface area contributed by atoms with Crippen LogP contribution in [0.15, 0.2) is 12.3 Å². The lowest BCUT2D eigenvalue weighted by molar-refractivity contribution is 0.597. The van der Waals surface area contributed by atoms with Crippen LogP contribution in [0, 0.1) is 6.92 Å². The van der Waals surface area contributed by atoms with E-state index in [4.69, 9.17) is 0 Å². The van der Waals surface area contributed by atoms with Crippen LogP contribution in [-0.2, 0) is 16.4 Å². The molecule has 0 spiro atoms. The number of pyridine rings is 1. The molecule has 1 N–H and O–H groups in total. The number of aryl methyl sites for hydroxylation is 1. The molecule has 0 bridgehead atoms. The van der Waals surface area contributed by atoms with E-state index in [0.29, 0.717) is 24.8 Å². The molecule has 3 rings (SSSR count). The van der Waals surface area contributed by atoms with E-state index < -0.39 is 9.84 Å². The van der Waals surface area contributed by atoms with Crippen LogP contribution in [0.1, 0.15) is 30.4 Å². The lowest BCUT2D eigenvalue weighted by Crippen LogP contribution is -2.28. The Morgan fingerprint density at radius 3 is 2.86 bits per heavy atom. The van der Waals surface area contributed by atoms with Crippen molar-refractivity contribution in [2.24, 2.45) is 0 Å². The molecule has 0 unspecified atom stereocenters. The summed E-state index contributed by atoms with van der Waals surface area (Å²) in [5.41, 5.74) is 2.33. The first-order chi connectivity index (χ1) is 10.0. The summed E-state index contributed by atoms with van der Waals surface area (Å²) in [5, 5.41) is 3.49. The molecule has 21 heavy (non-hydrogen) atoms. The zero-order valence-corrected chi connectivity index (χ0v) is 13.3. The van der Waals surface area contributed by atoms with Gasteiger partial charge in [-0.15, -0.1) is 0 Å². The van der Waals surface area contributed by atoms with Gasteiger partial charge in [0.25, 0.3) is 0 Å². The average molecular weight is 309 g/mol. The van der Waals surface area contributed by atoms with Gasteiger partial charge < -0.3 is 10.2 Å². The lowest BCUT2D eigenvalue weighted by atomic mass is 10.2. The average Bonchev–Trinajstić information content (AvgIpc) is 3.25. The second-order valence-corrected chi connectivity index (χ2v) is 8.44. The minimum atomic E-state index is -2.87. The largest absolute Gasteiger partial charge is 0.355 e. The third-order valence-corrected chi connectivity index (χ3v) is 5.85. The molecule has 0 radical (unpaired) electrons. The van der Waals surface area contributed by atoms with E-state index in [0.717, 1.165) is 24.5 Å². The van der Waals surface area contributed by atoms with Crippen molar-refractivity contribution in [2.75, 3.05) is 29.5 Å². The van der Waals surface area contributed by atoms with Crippen molar-refractivity contribution in [1.82, 2.24) is 10.3 Å². The van der Waals surface area contributed by atoms with Crippen molar-refractivity contribution in [1.29, 1.82) is 0 Å². The summed E-state index contributed by atoms with van der Waals surface area (Å²) < 4.78 is 23.4. The highest BCUT2D eigenvalue weighted by Crippen LogP contribution is 2.22. The fourth-order valence-corrected chi connectivity index (χ4v) is 4.03. The predicted molar refractivity (Wildman–Crippen MR) is 84.3 cm³/mol. The standard InChI is InChI=1S/C15H23N3O2S/c1-12-9-13(10-16-14-3-4-14)11-17-15(12)18-5-2-7-21(19,20)8-6-18/h9,11,14,16H,2-8,10H2,1H3. The number of anilines is 1. The number of nitrogens with zero attached hydrogens (tertiary/aromatic N) is 2. The Bertz CT molecular complexity index is 611. The Labute approximate surface area is 126 Å². The number of sulfone groups is 1. The quantitative estimate of drug-likeness (QED) is 0.907. The van der Waals surface area contributed by atoms with Crippen molar-refractivity contribution in [3.8, 4) is 0 Å². The third-order valence-electron chi connectivity index (χ3n) is 4.13.